The Kier molecular flexibility index (Phi) is 8.45. The van der Waals surface area contributed by atoms with Crippen LogP contribution in [0.4, 0.5) is 13.2 Å². The number of nitrogens with one attached hydrogen (secondary N) is 1. The number of hydrogen-bond donors (Lipinski definition) is 1. The van der Waals surface area contributed by atoms with Crippen molar-refractivity contribution in [1.29, 1.82) is 4.78 Å². The van der Waals surface area contributed by atoms with E-state index in [1.165, 1.54) is 13.0 Å². The highest BCUT2D eigenvalue weighted by atomic mass is 35.5. The summed E-state index contributed by atoms with van der Waals surface area (Å²) in [6.45, 7) is 3.26. The van der Waals surface area contributed by atoms with Crippen LogP contribution in [0.15, 0.2) is 47.6 Å². The summed E-state index contributed by atoms with van der Waals surface area (Å²) in [7, 11) is -2.61. The highest BCUT2D eigenvalue weighted by molar-refractivity contribution is 7.60. The van der Waals surface area contributed by atoms with E-state index >= 15 is 0 Å². The van der Waals surface area contributed by atoms with E-state index < -0.39 is 22.2 Å². The zero-order valence-electron chi connectivity index (χ0n) is 14.3. The highest BCUT2D eigenvalue weighted by Crippen LogP contribution is 2.33. The Morgan fingerprint density at radius 2 is 1.74 bits per heavy atom. The number of hydrogen-bond acceptors (Lipinski definition) is 5. The first-order chi connectivity index (χ1) is 12.5. The van der Waals surface area contributed by atoms with Crippen LogP contribution in [0.5, 0.6) is 0 Å². The SMILES string of the molecule is C/C(=N/OCc1ccc(Cl)cc1)c1ccc(C)cc1C(F)(F)F.N=S(=O)=O. The topological polar surface area (TPSA) is 79.6 Å². The predicted octanol–water partition coefficient (Wildman–Crippen LogP) is 5.24. The molecule has 2 aromatic carbocycles. The molecule has 0 atom stereocenters. The van der Waals surface area contributed by atoms with Gasteiger partial charge in [-0.2, -0.15) is 26.4 Å². The van der Waals surface area contributed by atoms with Crippen molar-refractivity contribution in [2.45, 2.75) is 26.6 Å². The van der Waals surface area contributed by atoms with E-state index in [4.69, 9.17) is 29.6 Å². The van der Waals surface area contributed by atoms with Gasteiger partial charge in [-0.15, -0.1) is 0 Å². The molecule has 0 fully saturated rings. The summed E-state index contributed by atoms with van der Waals surface area (Å²) in [6, 6.07) is 11.1. The molecule has 5 nitrogen and oxygen atoms in total. The average Bonchev–Trinajstić information content (AvgIpc) is 2.55. The molecule has 0 bridgehead atoms. The van der Waals surface area contributed by atoms with Crippen LogP contribution in [0.2, 0.25) is 5.02 Å². The van der Waals surface area contributed by atoms with Crippen LogP contribution in [0, 0.1) is 11.7 Å². The van der Waals surface area contributed by atoms with Crippen LogP contribution in [0.3, 0.4) is 0 Å². The van der Waals surface area contributed by atoms with Gasteiger partial charge in [0.1, 0.15) is 6.61 Å². The summed E-state index contributed by atoms with van der Waals surface area (Å²) in [4.78, 5) is 5.15. The van der Waals surface area contributed by atoms with E-state index in [0.717, 1.165) is 11.6 Å². The van der Waals surface area contributed by atoms with Gasteiger partial charge in [0.05, 0.1) is 11.3 Å². The minimum Gasteiger partial charge on any atom is -0.391 e. The number of rotatable bonds is 4. The second kappa shape index (κ2) is 10.1. The zero-order valence-corrected chi connectivity index (χ0v) is 15.9. The lowest BCUT2D eigenvalue weighted by molar-refractivity contribution is -0.137. The van der Waals surface area contributed by atoms with Gasteiger partial charge in [-0.1, -0.05) is 46.6 Å². The van der Waals surface area contributed by atoms with Gasteiger partial charge in [0.25, 0.3) is 0 Å². The molecule has 146 valence electrons. The number of oxime groups is 1. The maximum absolute atomic E-state index is 13.1. The molecule has 27 heavy (non-hydrogen) atoms. The molecule has 0 aliphatic carbocycles. The van der Waals surface area contributed by atoms with Gasteiger partial charge in [-0.3, -0.25) is 0 Å². The van der Waals surface area contributed by atoms with Crippen molar-refractivity contribution >= 4 is 27.8 Å². The van der Waals surface area contributed by atoms with E-state index in [9.17, 15) is 13.2 Å². The van der Waals surface area contributed by atoms with Crippen LogP contribution in [0.1, 0.15) is 29.2 Å². The number of alkyl halides is 3. The second-order valence-electron chi connectivity index (χ2n) is 5.36. The lowest BCUT2D eigenvalue weighted by atomic mass is 10.0. The van der Waals surface area contributed by atoms with Gasteiger partial charge in [-0.05, 0) is 37.6 Å². The van der Waals surface area contributed by atoms with Crippen LogP contribution < -0.4 is 0 Å². The quantitative estimate of drug-likeness (QED) is 0.542. The third-order valence-electron chi connectivity index (χ3n) is 3.22. The summed E-state index contributed by atoms with van der Waals surface area (Å²) in [5.41, 5.74) is 0.834. The largest absolute Gasteiger partial charge is 0.417 e. The van der Waals surface area contributed by atoms with Crippen LogP contribution in [-0.4, -0.2) is 14.1 Å². The van der Waals surface area contributed by atoms with Crippen molar-refractivity contribution in [3.8, 4) is 0 Å². The van der Waals surface area contributed by atoms with Crippen molar-refractivity contribution in [3.05, 3.63) is 69.7 Å². The van der Waals surface area contributed by atoms with E-state index in [0.29, 0.717) is 10.6 Å². The number of halogens is 4. The molecule has 0 aliphatic rings. The van der Waals surface area contributed by atoms with Crippen molar-refractivity contribution in [3.63, 3.8) is 0 Å². The van der Waals surface area contributed by atoms with Crippen molar-refractivity contribution in [2.75, 3.05) is 0 Å². The molecule has 10 heteroatoms. The molecule has 0 spiro atoms. The molecular weight excluding hydrogens is 405 g/mol. The van der Waals surface area contributed by atoms with E-state index in [2.05, 4.69) is 5.16 Å². The molecule has 0 amide bonds. The molecule has 1 N–H and O–H groups in total. The molecule has 0 radical (unpaired) electrons. The molecule has 0 aromatic heterocycles. The predicted molar refractivity (Wildman–Crippen MR) is 96.3 cm³/mol. The third-order valence-corrected chi connectivity index (χ3v) is 3.47. The molecule has 0 aliphatic heterocycles. The fourth-order valence-electron chi connectivity index (χ4n) is 2.04. The molecule has 2 aromatic rings. The van der Waals surface area contributed by atoms with Gasteiger partial charge >= 0.3 is 16.7 Å². The lowest BCUT2D eigenvalue weighted by Gasteiger charge is -2.13. The first kappa shape index (κ1) is 22.7. The Hall–Kier alpha value is -2.39. The Bertz CT molecular complexity index is 906. The molecular formula is C17H16ClF3N2O3S. The summed E-state index contributed by atoms with van der Waals surface area (Å²) in [5, 5.41) is 4.40. The van der Waals surface area contributed by atoms with Crippen molar-refractivity contribution in [2.24, 2.45) is 5.16 Å². The van der Waals surface area contributed by atoms with Crippen LogP contribution in [-0.2, 0) is 28.1 Å². The monoisotopic (exact) mass is 420 g/mol. The van der Waals surface area contributed by atoms with Gasteiger partial charge in [-0.25, -0.2) is 0 Å². The van der Waals surface area contributed by atoms with Gasteiger partial charge in [0.2, 0.25) is 0 Å². The summed E-state index contributed by atoms with van der Waals surface area (Å²) >= 11 is 5.77. The van der Waals surface area contributed by atoms with Crippen molar-refractivity contribution in [1.82, 2.24) is 0 Å². The minimum absolute atomic E-state index is 0.0132. The Balaban J connectivity index is 0.000000828. The number of nitrogens with zero attached hydrogens (tertiary/aromatic N) is 1. The highest BCUT2D eigenvalue weighted by Gasteiger charge is 2.34. The molecule has 0 unspecified atom stereocenters. The third kappa shape index (κ3) is 8.23. The Morgan fingerprint density at radius 1 is 1.19 bits per heavy atom. The number of aryl methyl sites for hydroxylation is 1. The zero-order chi connectivity index (χ0) is 20.6. The lowest BCUT2D eigenvalue weighted by Crippen LogP contribution is -2.12. The number of benzene rings is 2. The maximum atomic E-state index is 13.1. The molecule has 0 saturated carbocycles. The fraction of sp³-hybridized carbons (Fsp3) is 0.235. The first-order valence-electron chi connectivity index (χ1n) is 7.40. The molecule has 0 saturated heterocycles. The van der Waals surface area contributed by atoms with E-state index in [1.807, 2.05) is 0 Å². The molecule has 0 heterocycles. The van der Waals surface area contributed by atoms with E-state index in [1.54, 1.807) is 37.3 Å². The Morgan fingerprint density at radius 3 is 2.26 bits per heavy atom. The van der Waals surface area contributed by atoms with Crippen molar-refractivity contribution < 1.29 is 26.4 Å². The second-order valence-corrected chi connectivity index (χ2v) is 6.26. The first-order valence-corrected chi connectivity index (χ1v) is 8.85. The van der Waals surface area contributed by atoms with Gasteiger partial charge in [0.15, 0.2) is 0 Å². The average molecular weight is 421 g/mol. The summed E-state index contributed by atoms with van der Waals surface area (Å²) in [5.74, 6) is 0. The van der Waals surface area contributed by atoms with Gasteiger partial charge in [0, 0.05) is 10.6 Å². The summed E-state index contributed by atoms with van der Waals surface area (Å²) < 4.78 is 62.1. The summed E-state index contributed by atoms with van der Waals surface area (Å²) in [6.07, 6.45) is -4.44. The normalized spacial score (nSPS) is 11.4. The minimum atomic E-state index is -4.44. The standard InChI is InChI=1S/C17H15ClF3NO.HNO2S/c1-11-3-8-15(16(9-11)17(19,20)21)12(2)22-23-10-13-4-6-14(18)7-5-13;1-4(2)3/h3-9H,10H2,1-2H3;1H/b22-12-;. The van der Waals surface area contributed by atoms with Crippen LogP contribution in [0.25, 0.3) is 0 Å². The van der Waals surface area contributed by atoms with Crippen LogP contribution >= 0.6 is 11.6 Å². The fourth-order valence-corrected chi connectivity index (χ4v) is 2.17. The molecule has 2 rings (SSSR count). The Labute approximate surface area is 160 Å². The van der Waals surface area contributed by atoms with E-state index in [-0.39, 0.29) is 17.9 Å². The maximum Gasteiger partial charge on any atom is 0.417 e. The van der Waals surface area contributed by atoms with Gasteiger partial charge < -0.3 is 4.84 Å². The smallest absolute Gasteiger partial charge is 0.391 e.